The summed E-state index contributed by atoms with van der Waals surface area (Å²) in [4.78, 5) is 2.38. The fourth-order valence-electron chi connectivity index (χ4n) is 1.61. The van der Waals surface area contributed by atoms with E-state index in [-0.39, 0.29) is 18.2 Å². The van der Waals surface area contributed by atoms with Crippen molar-refractivity contribution in [3.8, 4) is 0 Å². The number of nitrogens with zero attached hydrogens (tertiary/aromatic N) is 1. The van der Waals surface area contributed by atoms with Gasteiger partial charge >= 0.3 is 0 Å². The van der Waals surface area contributed by atoms with Crippen molar-refractivity contribution in [1.29, 1.82) is 0 Å². The molecule has 78 valence electrons. The third kappa shape index (κ3) is 3.25. The van der Waals surface area contributed by atoms with Crippen molar-refractivity contribution in [2.75, 3.05) is 26.3 Å². The van der Waals surface area contributed by atoms with E-state index in [1.165, 1.54) is 0 Å². The van der Waals surface area contributed by atoms with Gasteiger partial charge in [-0.1, -0.05) is 0 Å². The Labute approximate surface area is 80.7 Å². The van der Waals surface area contributed by atoms with E-state index in [1.807, 2.05) is 0 Å². The lowest BCUT2D eigenvalue weighted by Gasteiger charge is -2.35. The lowest BCUT2D eigenvalue weighted by molar-refractivity contribution is 0.00255. The molecule has 1 atom stereocenters. The van der Waals surface area contributed by atoms with Crippen LogP contribution in [-0.4, -0.2) is 48.0 Å². The van der Waals surface area contributed by atoms with Crippen LogP contribution in [-0.2, 0) is 4.74 Å². The quantitative estimate of drug-likeness (QED) is 0.661. The number of aliphatic hydroxyl groups excluding tert-OH is 1. The van der Waals surface area contributed by atoms with Crippen LogP contribution < -0.4 is 0 Å². The van der Waals surface area contributed by atoms with Gasteiger partial charge < -0.3 is 9.84 Å². The standard InChI is InChI=1S/C10H21NO2/c1-10(2,3)11-5-4-6-13-9(7-11)8-12/h9,12H,4-8H2,1-3H3/t9-/m1/s1. The monoisotopic (exact) mass is 187 g/mol. The molecule has 1 fully saturated rings. The molecule has 0 spiro atoms. The summed E-state index contributed by atoms with van der Waals surface area (Å²) in [7, 11) is 0. The Hall–Kier alpha value is -0.120. The second-order valence-corrected chi connectivity index (χ2v) is 4.65. The van der Waals surface area contributed by atoms with Gasteiger partial charge in [0.15, 0.2) is 0 Å². The van der Waals surface area contributed by atoms with Crippen LogP contribution in [0.1, 0.15) is 27.2 Å². The Morgan fingerprint density at radius 3 is 2.69 bits per heavy atom. The molecule has 0 aromatic heterocycles. The molecular weight excluding hydrogens is 166 g/mol. The molecule has 0 bridgehead atoms. The van der Waals surface area contributed by atoms with Crippen molar-refractivity contribution in [2.45, 2.75) is 38.8 Å². The minimum Gasteiger partial charge on any atom is -0.394 e. The topological polar surface area (TPSA) is 32.7 Å². The summed E-state index contributed by atoms with van der Waals surface area (Å²) in [5.74, 6) is 0. The molecule has 0 aromatic carbocycles. The van der Waals surface area contributed by atoms with E-state index >= 15 is 0 Å². The highest BCUT2D eigenvalue weighted by Gasteiger charge is 2.26. The molecule has 1 N–H and O–H groups in total. The minimum absolute atomic E-state index is 0.00160. The van der Waals surface area contributed by atoms with Gasteiger partial charge in [-0.25, -0.2) is 0 Å². The molecule has 3 nitrogen and oxygen atoms in total. The highest BCUT2D eigenvalue weighted by Crippen LogP contribution is 2.17. The molecule has 1 aliphatic heterocycles. The Morgan fingerprint density at radius 2 is 2.15 bits per heavy atom. The third-order valence-electron chi connectivity index (χ3n) is 2.50. The van der Waals surface area contributed by atoms with E-state index in [4.69, 9.17) is 9.84 Å². The van der Waals surface area contributed by atoms with E-state index in [0.717, 1.165) is 26.1 Å². The van der Waals surface area contributed by atoms with Crippen LogP contribution in [0.3, 0.4) is 0 Å². The second-order valence-electron chi connectivity index (χ2n) is 4.65. The maximum absolute atomic E-state index is 9.05. The van der Waals surface area contributed by atoms with Crippen LogP contribution in [0, 0.1) is 0 Å². The SMILES string of the molecule is CC(C)(C)N1CCCO[C@@H](CO)C1. The van der Waals surface area contributed by atoms with Crippen LogP contribution in [0.15, 0.2) is 0 Å². The summed E-state index contributed by atoms with van der Waals surface area (Å²) in [5.41, 5.74) is 0.182. The zero-order valence-corrected chi connectivity index (χ0v) is 8.92. The number of hydrogen-bond donors (Lipinski definition) is 1. The lowest BCUT2D eigenvalue weighted by Crippen LogP contribution is -2.45. The molecule has 1 saturated heterocycles. The molecule has 0 unspecified atom stereocenters. The Bertz CT molecular complexity index is 153. The minimum atomic E-state index is 0.00160. The molecule has 13 heavy (non-hydrogen) atoms. The predicted octanol–water partition coefficient (Wildman–Crippen LogP) is 0.868. The summed E-state index contributed by atoms with van der Waals surface area (Å²) >= 11 is 0. The fourth-order valence-corrected chi connectivity index (χ4v) is 1.61. The number of ether oxygens (including phenoxy) is 1. The van der Waals surface area contributed by atoms with E-state index in [0.29, 0.717) is 0 Å². The molecule has 0 radical (unpaired) electrons. The molecule has 0 aromatic rings. The van der Waals surface area contributed by atoms with Crippen molar-refractivity contribution >= 4 is 0 Å². The second kappa shape index (κ2) is 4.40. The van der Waals surface area contributed by atoms with E-state index < -0.39 is 0 Å². The lowest BCUT2D eigenvalue weighted by atomic mass is 10.1. The highest BCUT2D eigenvalue weighted by atomic mass is 16.5. The van der Waals surface area contributed by atoms with Crippen LogP contribution >= 0.6 is 0 Å². The molecule has 1 rings (SSSR count). The Kier molecular flexibility index (Phi) is 3.71. The fraction of sp³-hybridized carbons (Fsp3) is 1.00. The highest BCUT2D eigenvalue weighted by molar-refractivity contribution is 4.80. The molecular formula is C10H21NO2. The summed E-state index contributed by atoms with van der Waals surface area (Å²) in [6.07, 6.45) is 1.06. The molecule has 0 amide bonds. The average molecular weight is 187 g/mol. The summed E-state index contributed by atoms with van der Waals surface area (Å²) in [5, 5.41) is 9.05. The van der Waals surface area contributed by atoms with Gasteiger partial charge in [-0.2, -0.15) is 0 Å². The van der Waals surface area contributed by atoms with Crippen LogP contribution in [0.25, 0.3) is 0 Å². The summed E-state index contributed by atoms with van der Waals surface area (Å²) < 4.78 is 5.49. The van der Waals surface area contributed by atoms with E-state index in [2.05, 4.69) is 25.7 Å². The van der Waals surface area contributed by atoms with Gasteiger partial charge in [0.1, 0.15) is 0 Å². The molecule has 1 aliphatic rings. The molecule has 0 aliphatic carbocycles. The first-order valence-electron chi connectivity index (χ1n) is 5.01. The summed E-state index contributed by atoms with van der Waals surface area (Å²) in [6.45, 7) is 9.43. The van der Waals surface area contributed by atoms with Gasteiger partial charge in [-0.15, -0.1) is 0 Å². The van der Waals surface area contributed by atoms with Crippen molar-refractivity contribution in [2.24, 2.45) is 0 Å². The van der Waals surface area contributed by atoms with Gasteiger partial charge in [0.2, 0.25) is 0 Å². The van der Waals surface area contributed by atoms with Crippen molar-refractivity contribution in [1.82, 2.24) is 4.90 Å². The van der Waals surface area contributed by atoms with E-state index in [1.54, 1.807) is 0 Å². The van der Waals surface area contributed by atoms with Crippen LogP contribution in [0.4, 0.5) is 0 Å². The smallest absolute Gasteiger partial charge is 0.0932 e. The Balaban J connectivity index is 2.54. The van der Waals surface area contributed by atoms with Gasteiger partial charge in [0.25, 0.3) is 0 Å². The van der Waals surface area contributed by atoms with Gasteiger partial charge in [0.05, 0.1) is 12.7 Å². The summed E-state index contributed by atoms with van der Waals surface area (Å²) in [6, 6.07) is 0. The third-order valence-corrected chi connectivity index (χ3v) is 2.50. The molecule has 1 heterocycles. The van der Waals surface area contributed by atoms with Crippen LogP contribution in [0.5, 0.6) is 0 Å². The zero-order valence-electron chi connectivity index (χ0n) is 8.92. The molecule has 0 saturated carbocycles. The number of rotatable bonds is 1. The molecule has 3 heteroatoms. The normalized spacial score (nSPS) is 27.2. The first kappa shape index (κ1) is 11.0. The van der Waals surface area contributed by atoms with Crippen LogP contribution in [0.2, 0.25) is 0 Å². The maximum Gasteiger partial charge on any atom is 0.0932 e. The van der Waals surface area contributed by atoms with Crippen molar-refractivity contribution < 1.29 is 9.84 Å². The Morgan fingerprint density at radius 1 is 1.46 bits per heavy atom. The number of aliphatic hydroxyl groups is 1. The van der Waals surface area contributed by atoms with Gasteiger partial charge in [-0.3, -0.25) is 4.90 Å². The van der Waals surface area contributed by atoms with Gasteiger partial charge in [-0.05, 0) is 27.2 Å². The van der Waals surface area contributed by atoms with Crippen molar-refractivity contribution in [3.05, 3.63) is 0 Å². The van der Waals surface area contributed by atoms with E-state index in [9.17, 15) is 0 Å². The zero-order chi connectivity index (χ0) is 9.90. The maximum atomic E-state index is 9.05. The largest absolute Gasteiger partial charge is 0.394 e. The first-order chi connectivity index (χ1) is 6.04. The first-order valence-corrected chi connectivity index (χ1v) is 5.01. The van der Waals surface area contributed by atoms with Gasteiger partial charge in [0, 0.05) is 25.2 Å². The average Bonchev–Trinajstić information content (AvgIpc) is 2.27. The van der Waals surface area contributed by atoms with Crippen molar-refractivity contribution in [3.63, 3.8) is 0 Å². The predicted molar refractivity (Wildman–Crippen MR) is 52.8 cm³/mol. The number of hydrogen-bond acceptors (Lipinski definition) is 3.